The van der Waals surface area contributed by atoms with E-state index >= 15 is 0 Å². The van der Waals surface area contributed by atoms with Crippen LogP contribution in [0.4, 0.5) is 0 Å². The third-order valence-corrected chi connectivity index (χ3v) is 2.84. The molecule has 3 aromatic rings. The van der Waals surface area contributed by atoms with Gasteiger partial charge in [0.1, 0.15) is 6.10 Å². The smallest absolute Gasteiger partial charge is 0.258 e. The number of rotatable bonds is 3. The van der Waals surface area contributed by atoms with Crippen LogP contribution >= 0.6 is 0 Å². The molecule has 1 N–H and O–H groups in total. The molecular weight excluding hydrogens is 244 g/mol. The van der Waals surface area contributed by atoms with Gasteiger partial charge in [0, 0.05) is 18.0 Å². The zero-order valence-electron chi connectivity index (χ0n) is 10.3. The van der Waals surface area contributed by atoms with Crippen LogP contribution in [-0.2, 0) is 0 Å². The van der Waals surface area contributed by atoms with Crippen molar-refractivity contribution in [1.82, 2.24) is 20.1 Å². The van der Waals surface area contributed by atoms with Crippen molar-refractivity contribution in [3.8, 4) is 11.5 Å². The molecule has 3 rings (SSSR count). The summed E-state index contributed by atoms with van der Waals surface area (Å²) in [7, 11) is 0. The fraction of sp³-hybridized carbons (Fsp3) is 0.231. The number of aliphatic hydroxyl groups is 1. The Kier molecular flexibility index (Phi) is 2.92. The lowest BCUT2D eigenvalue weighted by atomic mass is 10.2. The van der Waals surface area contributed by atoms with E-state index in [2.05, 4.69) is 20.1 Å². The Morgan fingerprint density at radius 1 is 1.21 bits per heavy atom. The van der Waals surface area contributed by atoms with E-state index in [0.29, 0.717) is 18.1 Å². The summed E-state index contributed by atoms with van der Waals surface area (Å²) in [5.41, 5.74) is 2.32. The summed E-state index contributed by atoms with van der Waals surface area (Å²) in [6.45, 7) is 1.85. The van der Waals surface area contributed by atoms with E-state index in [1.54, 1.807) is 12.4 Å². The maximum Gasteiger partial charge on any atom is 0.258 e. The molecule has 0 radical (unpaired) electrons. The Bertz CT molecular complexity index is 710. The number of aromatic nitrogens is 4. The summed E-state index contributed by atoms with van der Waals surface area (Å²) < 4.78 is 5.15. The predicted molar refractivity (Wildman–Crippen MR) is 68.1 cm³/mol. The van der Waals surface area contributed by atoms with Gasteiger partial charge in [-0.3, -0.25) is 9.97 Å². The monoisotopic (exact) mass is 256 g/mol. The Hall–Kier alpha value is -2.34. The molecule has 6 heteroatoms. The van der Waals surface area contributed by atoms with Gasteiger partial charge in [-0.25, -0.2) is 0 Å². The fourth-order valence-corrected chi connectivity index (χ4v) is 1.77. The second kappa shape index (κ2) is 4.74. The van der Waals surface area contributed by atoms with Gasteiger partial charge in [0.15, 0.2) is 0 Å². The molecule has 1 atom stereocenters. The second-order valence-corrected chi connectivity index (χ2v) is 4.14. The van der Waals surface area contributed by atoms with Gasteiger partial charge in [-0.05, 0) is 24.6 Å². The highest BCUT2D eigenvalue weighted by atomic mass is 16.5. The third-order valence-electron chi connectivity index (χ3n) is 2.84. The molecule has 0 bridgehead atoms. The molecule has 0 fully saturated rings. The molecule has 1 aromatic carbocycles. The maximum absolute atomic E-state index is 9.65. The minimum Gasteiger partial charge on any atom is -0.385 e. The van der Waals surface area contributed by atoms with Crippen LogP contribution in [0.1, 0.15) is 25.3 Å². The highest BCUT2D eigenvalue weighted by Gasteiger charge is 2.15. The molecule has 19 heavy (non-hydrogen) atoms. The summed E-state index contributed by atoms with van der Waals surface area (Å²) >= 11 is 0. The lowest BCUT2D eigenvalue weighted by Gasteiger charge is -1.99. The lowest BCUT2D eigenvalue weighted by molar-refractivity contribution is 0.159. The van der Waals surface area contributed by atoms with Gasteiger partial charge in [0.25, 0.3) is 5.89 Å². The van der Waals surface area contributed by atoms with E-state index in [-0.39, 0.29) is 0 Å². The Morgan fingerprint density at radius 2 is 2.00 bits per heavy atom. The maximum atomic E-state index is 9.65. The summed E-state index contributed by atoms with van der Waals surface area (Å²) in [5.74, 6) is 0.673. The van der Waals surface area contributed by atoms with Crippen LogP contribution in [0.25, 0.3) is 22.5 Å². The first-order chi connectivity index (χ1) is 9.28. The van der Waals surface area contributed by atoms with E-state index in [4.69, 9.17) is 4.52 Å². The average molecular weight is 256 g/mol. The molecule has 0 aliphatic rings. The van der Waals surface area contributed by atoms with E-state index in [1.165, 1.54) is 0 Å². The van der Waals surface area contributed by atoms with E-state index in [1.807, 2.05) is 25.1 Å². The molecule has 2 heterocycles. The highest BCUT2D eigenvalue weighted by Crippen LogP contribution is 2.22. The van der Waals surface area contributed by atoms with Gasteiger partial charge in [-0.1, -0.05) is 12.1 Å². The molecule has 0 saturated heterocycles. The first-order valence-corrected chi connectivity index (χ1v) is 6.00. The van der Waals surface area contributed by atoms with Crippen molar-refractivity contribution in [3.05, 3.63) is 36.4 Å². The lowest BCUT2D eigenvalue weighted by Crippen LogP contribution is -1.97. The first-order valence-electron chi connectivity index (χ1n) is 6.00. The normalized spacial score (nSPS) is 12.7. The summed E-state index contributed by atoms with van der Waals surface area (Å²) in [4.78, 5) is 12.6. The fourth-order valence-electron chi connectivity index (χ4n) is 1.77. The first kappa shape index (κ1) is 11.7. The van der Waals surface area contributed by atoms with Gasteiger partial charge in [-0.2, -0.15) is 4.98 Å². The molecule has 0 aliphatic carbocycles. The van der Waals surface area contributed by atoms with Crippen LogP contribution in [0.5, 0.6) is 0 Å². The number of fused-ring (bicyclic) bond motifs is 1. The quantitative estimate of drug-likeness (QED) is 0.772. The number of hydrogen-bond acceptors (Lipinski definition) is 6. The van der Waals surface area contributed by atoms with E-state index in [9.17, 15) is 5.11 Å². The van der Waals surface area contributed by atoms with Crippen molar-refractivity contribution in [2.75, 3.05) is 0 Å². The molecule has 0 spiro atoms. The number of hydrogen-bond donors (Lipinski definition) is 1. The zero-order chi connectivity index (χ0) is 13.2. The summed E-state index contributed by atoms with van der Waals surface area (Å²) in [6, 6.07) is 5.52. The van der Waals surface area contributed by atoms with Gasteiger partial charge in [0.05, 0.1) is 11.0 Å². The summed E-state index contributed by atoms with van der Waals surface area (Å²) in [6.07, 6.45) is 3.12. The topological polar surface area (TPSA) is 84.9 Å². The second-order valence-electron chi connectivity index (χ2n) is 4.14. The van der Waals surface area contributed by atoms with Crippen molar-refractivity contribution in [2.45, 2.75) is 19.4 Å². The van der Waals surface area contributed by atoms with E-state index < -0.39 is 6.10 Å². The molecule has 0 saturated carbocycles. The third kappa shape index (κ3) is 2.17. The van der Waals surface area contributed by atoms with Crippen molar-refractivity contribution in [2.24, 2.45) is 0 Å². The van der Waals surface area contributed by atoms with Crippen LogP contribution in [0.2, 0.25) is 0 Å². The average Bonchev–Trinajstić information content (AvgIpc) is 2.95. The van der Waals surface area contributed by atoms with Crippen LogP contribution in [0.15, 0.2) is 35.1 Å². The van der Waals surface area contributed by atoms with Crippen molar-refractivity contribution in [3.63, 3.8) is 0 Å². The van der Waals surface area contributed by atoms with Crippen molar-refractivity contribution < 1.29 is 9.63 Å². The van der Waals surface area contributed by atoms with Gasteiger partial charge in [0.2, 0.25) is 5.82 Å². The van der Waals surface area contributed by atoms with Crippen molar-refractivity contribution in [1.29, 1.82) is 0 Å². The predicted octanol–water partition coefficient (Wildman–Crippen LogP) is 2.12. The van der Waals surface area contributed by atoms with Crippen LogP contribution in [0.3, 0.4) is 0 Å². The minimum atomic E-state index is -0.697. The van der Waals surface area contributed by atoms with Crippen LogP contribution < -0.4 is 0 Å². The molecule has 1 unspecified atom stereocenters. The zero-order valence-corrected chi connectivity index (χ0v) is 10.3. The molecule has 6 nitrogen and oxygen atoms in total. The number of benzene rings is 1. The standard InChI is InChI=1S/C13H12N4O2/c1-2-11(18)12-16-13(19-17-12)8-3-4-9-10(7-8)15-6-5-14-9/h3-7,11,18H,2H2,1H3. The van der Waals surface area contributed by atoms with Crippen molar-refractivity contribution >= 4 is 11.0 Å². The largest absolute Gasteiger partial charge is 0.385 e. The van der Waals surface area contributed by atoms with Gasteiger partial charge >= 0.3 is 0 Å². The Morgan fingerprint density at radius 3 is 2.79 bits per heavy atom. The van der Waals surface area contributed by atoms with Gasteiger partial charge < -0.3 is 9.63 Å². The Balaban J connectivity index is 2.01. The Labute approximate surface area is 109 Å². The van der Waals surface area contributed by atoms with Crippen LogP contribution in [-0.4, -0.2) is 25.2 Å². The summed E-state index contributed by atoms with van der Waals surface area (Å²) in [5, 5.41) is 13.4. The molecule has 0 amide bonds. The van der Waals surface area contributed by atoms with E-state index in [0.717, 1.165) is 16.6 Å². The molecule has 96 valence electrons. The molecule has 0 aliphatic heterocycles. The number of nitrogens with zero attached hydrogens (tertiary/aromatic N) is 4. The molecule has 2 aromatic heterocycles. The minimum absolute atomic E-state index is 0.303. The highest BCUT2D eigenvalue weighted by molar-refractivity contribution is 5.79. The number of aliphatic hydroxyl groups excluding tert-OH is 1. The molecular formula is C13H12N4O2. The van der Waals surface area contributed by atoms with Gasteiger partial charge in [-0.15, -0.1) is 0 Å². The van der Waals surface area contributed by atoms with Crippen LogP contribution in [0, 0.1) is 0 Å². The SMILES string of the molecule is CCC(O)c1noc(-c2ccc3nccnc3c2)n1.